The van der Waals surface area contributed by atoms with E-state index in [1.165, 1.54) is 19.3 Å². The Morgan fingerprint density at radius 3 is 2.87 bits per heavy atom. The molecule has 0 heterocycles. The molecule has 0 aromatic rings. The third-order valence-corrected chi connectivity index (χ3v) is 1.90. The Kier molecular flexibility index (Phi) is 9.96. The van der Waals surface area contributed by atoms with Crippen molar-refractivity contribution in [3.05, 3.63) is 12.7 Å². The molecule has 0 atom stereocenters. The molecule has 84 valence electrons. The Hall–Kier alpha value is -1.23. The van der Waals surface area contributed by atoms with Crippen molar-refractivity contribution in [3.8, 4) is 11.8 Å². The van der Waals surface area contributed by atoms with Crippen molar-refractivity contribution in [2.24, 2.45) is 0 Å². The summed E-state index contributed by atoms with van der Waals surface area (Å²) < 4.78 is 4.83. The first-order chi connectivity index (χ1) is 7.31. The third kappa shape index (κ3) is 10.7. The molecule has 0 N–H and O–H groups in total. The van der Waals surface area contributed by atoms with Gasteiger partial charge >= 0.3 is 5.97 Å². The van der Waals surface area contributed by atoms with Crippen molar-refractivity contribution >= 4 is 5.97 Å². The van der Waals surface area contributed by atoms with Crippen LogP contribution in [-0.2, 0) is 9.53 Å². The molecule has 0 unspecified atom stereocenters. The van der Waals surface area contributed by atoms with Crippen LogP contribution in [0.1, 0.15) is 45.4 Å². The average molecular weight is 208 g/mol. The molecule has 0 saturated heterocycles. The molecular formula is C13H20O2. The van der Waals surface area contributed by atoms with Crippen LogP contribution in [0.3, 0.4) is 0 Å². The predicted molar refractivity (Wildman–Crippen MR) is 62.3 cm³/mol. The van der Waals surface area contributed by atoms with Gasteiger partial charge in [0.25, 0.3) is 0 Å². The molecule has 0 aromatic heterocycles. The number of ether oxygens (including phenoxy) is 1. The Balaban J connectivity index is 3.41. The Labute approximate surface area is 92.7 Å². The molecule has 0 bridgehead atoms. The van der Waals surface area contributed by atoms with Gasteiger partial charge in [0.2, 0.25) is 0 Å². The van der Waals surface area contributed by atoms with Crippen LogP contribution in [0, 0.1) is 11.8 Å². The van der Waals surface area contributed by atoms with E-state index in [4.69, 9.17) is 4.74 Å². The highest BCUT2D eigenvalue weighted by atomic mass is 16.5. The number of hydrogen-bond acceptors (Lipinski definition) is 2. The van der Waals surface area contributed by atoms with Gasteiger partial charge in [-0.25, -0.2) is 4.79 Å². The lowest BCUT2D eigenvalue weighted by Gasteiger charge is -1.95. The van der Waals surface area contributed by atoms with Crippen LogP contribution in [0.4, 0.5) is 0 Å². The lowest BCUT2D eigenvalue weighted by molar-refractivity contribution is -0.136. The number of hydrogen-bond donors (Lipinski definition) is 0. The van der Waals surface area contributed by atoms with Crippen LogP contribution in [0.5, 0.6) is 0 Å². The molecule has 0 aliphatic rings. The Morgan fingerprint density at radius 1 is 1.40 bits per heavy atom. The molecule has 0 aliphatic carbocycles. The fourth-order valence-electron chi connectivity index (χ4n) is 1.05. The van der Waals surface area contributed by atoms with E-state index in [9.17, 15) is 4.79 Å². The second-order valence-corrected chi connectivity index (χ2v) is 3.33. The van der Waals surface area contributed by atoms with Crippen LogP contribution in [0.25, 0.3) is 0 Å². The molecule has 0 rings (SSSR count). The van der Waals surface area contributed by atoms with E-state index >= 15 is 0 Å². The molecule has 0 aliphatic heterocycles. The lowest BCUT2D eigenvalue weighted by atomic mass is 10.2. The predicted octanol–water partition coefficient (Wildman–Crippen LogP) is 3.08. The van der Waals surface area contributed by atoms with Crippen molar-refractivity contribution in [2.45, 2.75) is 45.4 Å². The van der Waals surface area contributed by atoms with Crippen LogP contribution in [0.15, 0.2) is 12.7 Å². The van der Waals surface area contributed by atoms with Gasteiger partial charge in [-0.2, -0.15) is 0 Å². The SMILES string of the molecule is C=CCCOC(=O)C#CCCCCCC. The summed E-state index contributed by atoms with van der Waals surface area (Å²) >= 11 is 0. The quantitative estimate of drug-likeness (QED) is 0.211. The highest BCUT2D eigenvalue weighted by molar-refractivity contribution is 5.88. The average Bonchev–Trinajstić information content (AvgIpc) is 2.23. The summed E-state index contributed by atoms with van der Waals surface area (Å²) in [6.07, 6.45) is 7.91. The zero-order chi connectivity index (χ0) is 11.4. The summed E-state index contributed by atoms with van der Waals surface area (Å²) in [4.78, 5) is 11.0. The van der Waals surface area contributed by atoms with Crippen LogP contribution >= 0.6 is 0 Å². The van der Waals surface area contributed by atoms with E-state index in [-0.39, 0.29) is 0 Å². The van der Waals surface area contributed by atoms with Gasteiger partial charge in [0.05, 0.1) is 6.61 Å². The molecule has 2 nitrogen and oxygen atoms in total. The molecule has 0 radical (unpaired) electrons. The van der Waals surface area contributed by atoms with Crippen molar-refractivity contribution in [1.29, 1.82) is 0 Å². The summed E-state index contributed by atoms with van der Waals surface area (Å²) in [7, 11) is 0. The standard InChI is InChI=1S/C13H20O2/c1-3-5-7-8-9-10-11-13(14)15-12-6-4-2/h4H,2-3,5-9,12H2,1H3. The van der Waals surface area contributed by atoms with Gasteiger partial charge in [0, 0.05) is 12.3 Å². The second-order valence-electron chi connectivity index (χ2n) is 3.33. The minimum Gasteiger partial charge on any atom is -0.456 e. The van der Waals surface area contributed by atoms with Gasteiger partial charge in [-0.1, -0.05) is 38.2 Å². The molecule has 0 amide bonds. The zero-order valence-electron chi connectivity index (χ0n) is 9.55. The second kappa shape index (κ2) is 10.8. The highest BCUT2D eigenvalue weighted by Gasteiger charge is 1.93. The van der Waals surface area contributed by atoms with Gasteiger partial charge in [0.15, 0.2) is 0 Å². The van der Waals surface area contributed by atoms with E-state index in [2.05, 4.69) is 25.3 Å². The first kappa shape index (κ1) is 13.8. The number of esters is 1. The van der Waals surface area contributed by atoms with Gasteiger partial charge < -0.3 is 4.74 Å². The van der Waals surface area contributed by atoms with Crippen LogP contribution in [-0.4, -0.2) is 12.6 Å². The molecule has 0 saturated carbocycles. The zero-order valence-corrected chi connectivity index (χ0v) is 9.55. The normalized spacial score (nSPS) is 8.87. The summed E-state index contributed by atoms with van der Waals surface area (Å²) in [6, 6.07) is 0. The van der Waals surface area contributed by atoms with Gasteiger partial charge in [-0.3, -0.25) is 0 Å². The molecule has 0 fully saturated rings. The van der Waals surface area contributed by atoms with Crippen molar-refractivity contribution in [2.75, 3.05) is 6.61 Å². The van der Waals surface area contributed by atoms with E-state index in [0.717, 1.165) is 12.8 Å². The first-order valence-electron chi connectivity index (χ1n) is 5.57. The summed E-state index contributed by atoms with van der Waals surface area (Å²) in [5, 5.41) is 0. The Morgan fingerprint density at radius 2 is 2.20 bits per heavy atom. The summed E-state index contributed by atoms with van der Waals surface area (Å²) in [6.45, 7) is 6.09. The largest absolute Gasteiger partial charge is 0.456 e. The van der Waals surface area contributed by atoms with Crippen molar-refractivity contribution in [1.82, 2.24) is 0 Å². The summed E-state index contributed by atoms with van der Waals surface area (Å²) in [5.74, 6) is 4.87. The van der Waals surface area contributed by atoms with E-state index in [1.807, 2.05) is 0 Å². The van der Waals surface area contributed by atoms with Crippen molar-refractivity contribution < 1.29 is 9.53 Å². The van der Waals surface area contributed by atoms with Crippen LogP contribution < -0.4 is 0 Å². The van der Waals surface area contributed by atoms with Gasteiger partial charge in [-0.15, -0.1) is 6.58 Å². The first-order valence-corrected chi connectivity index (χ1v) is 5.57. The molecule has 15 heavy (non-hydrogen) atoms. The van der Waals surface area contributed by atoms with Crippen LogP contribution in [0.2, 0.25) is 0 Å². The van der Waals surface area contributed by atoms with E-state index < -0.39 is 5.97 Å². The number of rotatable bonds is 7. The monoisotopic (exact) mass is 208 g/mol. The van der Waals surface area contributed by atoms with Crippen molar-refractivity contribution in [3.63, 3.8) is 0 Å². The van der Waals surface area contributed by atoms with Gasteiger partial charge in [-0.05, 0) is 12.8 Å². The van der Waals surface area contributed by atoms with E-state index in [1.54, 1.807) is 6.08 Å². The maximum Gasteiger partial charge on any atom is 0.384 e. The Bertz CT molecular complexity index is 233. The maximum atomic E-state index is 11.0. The number of carbonyl (C=O) groups is 1. The number of unbranched alkanes of at least 4 members (excludes halogenated alkanes) is 4. The fraction of sp³-hybridized carbons (Fsp3) is 0.615. The number of carbonyl (C=O) groups excluding carboxylic acids is 1. The topological polar surface area (TPSA) is 26.3 Å². The molecular weight excluding hydrogens is 188 g/mol. The minimum absolute atomic E-state index is 0.382. The minimum atomic E-state index is -0.424. The smallest absolute Gasteiger partial charge is 0.384 e. The molecule has 0 spiro atoms. The maximum absolute atomic E-state index is 11.0. The highest BCUT2D eigenvalue weighted by Crippen LogP contribution is 2.00. The molecule has 0 aromatic carbocycles. The fourth-order valence-corrected chi connectivity index (χ4v) is 1.05. The van der Waals surface area contributed by atoms with Gasteiger partial charge in [0.1, 0.15) is 0 Å². The molecule has 2 heteroatoms. The lowest BCUT2D eigenvalue weighted by Crippen LogP contribution is -2.01. The third-order valence-electron chi connectivity index (χ3n) is 1.90. The summed E-state index contributed by atoms with van der Waals surface area (Å²) in [5.41, 5.74) is 0. The van der Waals surface area contributed by atoms with E-state index in [0.29, 0.717) is 13.0 Å².